The summed E-state index contributed by atoms with van der Waals surface area (Å²) in [5.41, 5.74) is 1.35. The maximum atomic E-state index is 14.0. The van der Waals surface area contributed by atoms with Gasteiger partial charge in [0.05, 0.1) is 15.8 Å². The summed E-state index contributed by atoms with van der Waals surface area (Å²) in [6, 6.07) is 11.3. The van der Waals surface area contributed by atoms with Gasteiger partial charge in [-0.1, -0.05) is 73.7 Å². The lowest BCUT2D eigenvalue weighted by molar-refractivity contribution is -0.139. The highest BCUT2D eigenvalue weighted by atomic mass is 35.5. The topological polar surface area (TPSA) is 49.4 Å². The lowest BCUT2D eigenvalue weighted by atomic mass is 9.95. The van der Waals surface area contributed by atoms with Crippen LogP contribution in [-0.4, -0.2) is 34.6 Å². The molecule has 1 fully saturated rings. The van der Waals surface area contributed by atoms with E-state index in [0.717, 1.165) is 31.2 Å². The van der Waals surface area contributed by atoms with Gasteiger partial charge in [0, 0.05) is 18.3 Å². The Hall–Kier alpha value is -1.76. The summed E-state index contributed by atoms with van der Waals surface area (Å²) < 4.78 is 14.0. The molecule has 0 heterocycles. The number of rotatable bonds is 10. The lowest BCUT2D eigenvalue weighted by Gasteiger charge is -2.33. The third-order valence-electron chi connectivity index (χ3n) is 6.12. The van der Waals surface area contributed by atoms with Crippen LogP contribution in [0.2, 0.25) is 10.0 Å². The average Bonchev–Trinajstić information content (AvgIpc) is 2.83. The number of hydrogen-bond acceptors (Lipinski definition) is 3. The maximum Gasteiger partial charge on any atom is 0.243 e. The highest BCUT2D eigenvalue weighted by Crippen LogP contribution is 2.25. The molecule has 1 atom stereocenters. The molecule has 1 aliphatic rings. The largest absolute Gasteiger partial charge is 0.352 e. The van der Waals surface area contributed by atoms with Gasteiger partial charge in [0.15, 0.2) is 0 Å². The first-order chi connectivity index (χ1) is 16.4. The third kappa shape index (κ3) is 7.62. The maximum absolute atomic E-state index is 14.0. The third-order valence-corrected chi connectivity index (χ3v) is 7.82. The summed E-state index contributed by atoms with van der Waals surface area (Å²) in [7, 11) is 0. The summed E-state index contributed by atoms with van der Waals surface area (Å²) in [5, 5.41) is 4.00. The fraction of sp³-hybridized carbons (Fsp3) is 0.462. The monoisotopic (exact) mass is 524 g/mol. The van der Waals surface area contributed by atoms with E-state index in [0.29, 0.717) is 27.8 Å². The zero-order valence-corrected chi connectivity index (χ0v) is 21.7. The van der Waals surface area contributed by atoms with Crippen LogP contribution in [0.15, 0.2) is 42.5 Å². The molecule has 0 aromatic heterocycles. The fourth-order valence-corrected chi connectivity index (χ4v) is 5.46. The molecule has 0 unspecified atom stereocenters. The molecule has 1 saturated carbocycles. The van der Waals surface area contributed by atoms with Gasteiger partial charge in [-0.3, -0.25) is 9.59 Å². The van der Waals surface area contributed by atoms with E-state index < -0.39 is 6.04 Å². The Bertz CT molecular complexity index is 985. The van der Waals surface area contributed by atoms with Crippen LogP contribution in [0.1, 0.15) is 56.6 Å². The number of nitrogens with zero attached hydrogens (tertiary/aromatic N) is 1. The Morgan fingerprint density at radius 3 is 2.53 bits per heavy atom. The highest BCUT2D eigenvalue weighted by molar-refractivity contribution is 7.99. The number of carbonyl (C=O) groups excluding carboxylic acids is 2. The van der Waals surface area contributed by atoms with E-state index in [-0.39, 0.29) is 36.0 Å². The van der Waals surface area contributed by atoms with Crippen molar-refractivity contribution >= 4 is 46.8 Å². The quantitative estimate of drug-likeness (QED) is 0.379. The van der Waals surface area contributed by atoms with Crippen LogP contribution in [0.25, 0.3) is 0 Å². The Morgan fingerprint density at radius 1 is 1.12 bits per heavy atom. The Labute approximate surface area is 215 Å². The van der Waals surface area contributed by atoms with E-state index in [1.165, 1.54) is 24.2 Å². The summed E-state index contributed by atoms with van der Waals surface area (Å²) in [6.45, 7) is 2.15. The van der Waals surface area contributed by atoms with Crippen LogP contribution < -0.4 is 5.32 Å². The van der Waals surface area contributed by atoms with E-state index in [4.69, 9.17) is 23.2 Å². The van der Waals surface area contributed by atoms with E-state index >= 15 is 0 Å². The second kappa shape index (κ2) is 13.4. The van der Waals surface area contributed by atoms with Crippen LogP contribution in [0.5, 0.6) is 0 Å². The molecular weight excluding hydrogens is 494 g/mol. The van der Waals surface area contributed by atoms with Crippen molar-refractivity contribution in [1.29, 1.82) is 0 Å². The van der Waals surface area contributed by atoms with Crippen molar-refractivity contribution in [2.75, 3.05) is 5.75 Å². The van der Waals surface area contributed by atoms with Crippen molar-refractivity contribution in [3.8, 4) is 0 Å². The van der Waals surface area contributed by atoms with Gasteiger partial charge < -0.3 is 10.2 Å². The van der Waals surface area contributed by atoms with Crippen molar-refractivity contribution in [2.24, 2.45) is 0 Å². The van der Waals surface area contributed by atoms with Gasteiger partial charge in [-0.2, -0.15) is 0 Å². The second-order valence-electron chi connectivity index (χ2n) is 8.62. The molecule has 0 bridgehead atoms. The molecular formula is C26H31Cl2FN2O2S. The van der Waals surface area contributed by atoms with E-state index in [1.807, 2.05) is 13.0 Å². The lowest BCUT2D eigenvalue weighted by Crippen LogP contribution is -2.52. The molecule has 34 heavy (non-hydrogen) atoms. The first-order valence-electron chi connectivity index (χ1n) is 11.7. The standard InChI is InChI=1S/C26H31Cl2FN2O2S/c1-2-24(26(33)30-20-9-4-3-5-10-20)31(15-18-12-13-21(27)22(28)14-18)25(32)17-34-16-19-8-6-7-11-23(19)29/h6-8,11-14,20,24H,2-5,9-10,15-17H2,1H3,(H,30,33)/t24-/m1/s1. The predicted molar refractivity (Wildman–Crippen MR) is 139 cm³/mol. The van der Waals surface area contributed by atoms with Gasteiger partial charge in [0.2, 0.25) is 11.8 Å². The highest BCUT2D eigenvalue weighted by Gasteiger charge is 2.30. The van der Waals surface area contributed by atoms with Crippen LogP contribution in [0, 0.1) is 5.82 Å². The number of halogens is 3. The second-order valence-corrected chi connectivity index (χ2v) is 10.4. The van der Waals surface area contributed by atoms with Crippen LogP contribution >= 0.6 is 35.0 Å². The fourth-order valence-electron chi connectivity index (χ4n) is 4.25. The number of carbonyl (C=O) groups is 2. The van der Waals surface area contributed by atoms with Crippen molar-refractivity contribution in [3.05, 3.63) is 69.5 Å². The summed E-state index contributed by atoms with van der Waals surface area (Å²) in [4.78, 5) is 28.2. The number of amides is 2. The van der Waals surface area contributed by atoms with Crippen molar-refractivity contribution in [2.45, 2.75) is 69.8 Å². The van der Waals surface area contributed by atoms with Gasteiger partial charge in [0.1, 0.15) is 11.9 Å². The minimum atomic E-state index is -0.599. The molecule has 2 amide bonds. The minimum Gasteiger partial charge on any atom is -0.352 e. The molecule has 2 aromatic rings. The molecule has 184 valence electrons. The van der Waals surface area contributed by atoms with Crippen molar-refractivity contribution in [1.82, 2.24) is 10.2 Å². The molecule has 2 aromatic carbocycles. The SMILES string of the molecule is CC[C@H](C(=O)NC1CCCCC1)N(Cc1ccc(Cl)c(Cl)c1)C(=O)CSCc1ccccc1F. The molecule has 4 nitrogen and oxygen atoms in total. The zero-order chi connectivity index (χ0) is 24.5. The average molecular weight is 526 g/mol. The van der Waals surface area contributed by atoms with Gasteiger partial charge in [-0.15, -0.1) is 11.8 Å². The van der Waals surface area contributed by atoms with Crippen LogP contribution in [0.3, 0.4) is 0 Å². The number of thioether (sulfide) groups is 1. The van der Waals surface area contributed by atoms with E-state index in [9.17, 15) is 14.0 Å². The predicted octanol–water partition coefficient (Wildman–Crippen LogP) is 6.62. The summed E-state index contributed by atoms with van der Waals surface area (Å²) in [6.07, 6.45) is 5.86. The van der Waals surface area contributed by atoms with Crippen molar-refractivity contribution < 1.29 is 14.0 Å². The minimum absolute atomic E-state index is 0.123. The molecule has 8 heteroatoms. The van der Waals surface area contributed by atoms with Crippen LogP contribution in [-0.2, 0) is 21.9 Å². The number of benzene rings is 2. The number of hydrogen-bond donors (Lipinski definition) is 1. The molecule has 3 rings (SSSR count). The Morgan fingerprint density at radius 2 is 1.85 bits per heavy atom. The molecule has 0 aliphatic heterocycles. The first-order valence-corrected chi connectivity index (χ1v) is 13.6. The molecule has 0 saturated heterocycles. The zero-order valence-electron chi connectivity index (χ0n) is 19.4. The van der Waals surface area contributed by atoms with E-state index in [2.05, 4.69) is 5.32 Å². The van der Waals surface area contributed by atoms with Gasteiger partial charge in [-0.25, -0.2) is 4.39 Å². The number of nitrogens with one attached hydrogen (secondary N) is 1. The first kappa shape index (κ1) is 26.8. The normalized spacial score (nSPS) is 15.1. The van der Waals surface area contributed by atoms with Crippen LogP contribution in [0.4, 0.5) is 4.39 Å². The van der Waals surface area contributed by atoms with Gasteiger partial charge >= 0.3 is 0 Å². The van der Waals surface area contributed by atoms with Crippen molar-refractivity contribution in [3.63, 3.8) is 0 Å². The summed E-state index contributed by atoms with van der Waals surface area (Å²) >= 11 is 13.6. The van der Waals surface area contributed by atoms with Gasteiger partial charge in [-0.05, 0) is 48.6 Å². The molecule has 0 radical (unpaired) electrons. The molecule has 0 spiro atoms. The summed E-state index contributed by atoms with van der Waals surface area (Å²) in [5.74, 6) is -0.0548. The van der Waals surface area contributed by atoms with E-state index in [1.54, 1.807) is 35.2 Å². The molecule has 1 aliphatic carbocycles. The molecule has 1 N–H and O–H groups in total. The Balaban J connectivity index is 1.73. The van der Waals surface area contributed by atoms with Gasteiger partial charge in [0.25, 0.3) is 0 Å². The smallest absolute Gasteiger partial charge is 0.243 e. The Kier molecular flexibility index (Phi) is 10.5.